The van der Waals surface area contributed by atoms with Gasteiger partial charge in [-0.15, -0.1) is 0 Å². The summed E-state index contributed by atoms with van der Waals surface area (Å²) in [5.41, 5.74) is 4.98. The first-order valence-corrected chi connectivity index (χ1v) is 10.8. The highest BCUT2D eigenvalue weighted by atomic mass is 16.5. The molecule has 2 aromatic carbocycles. The standard InChI is InChI=1S/C25H30N4O2/c1-19-7-4-5-8-24(19)29-20(2)23(17-26-29)25(30)28-14-6-13-27(15-16-28)18-21-9-11-22(31-3)12-10-21/h4-5,7-12,17H,6,13-16,18H2,1-3H3. The summed E-state index contributed by atoms with van der Waals surface area (Å²) >= 11 is 0. The fraction of sp³-hybridized carbons (Fsp3) is 0.360. The number of amides is 1. The van der Waals surface area contributed by atoms with E-state index in [1.807, 2.05) is 46.8 Å². The third-order valence-corrected chi connectivity index (χ3v) is 6.02. The van der Waals surface area contributed by atoms with Crippen LogP contribution in [0.25, 0.3) is 5.69 Å². The van der Waals surface area contributed by atoms with Crippen LogP contribution < -0.4 is 4.74 Å². The average Bonchev–Trinajstić information content (AvgIpc) is 3.01. The number of aromatic nitrogens is 2. The first-order chi connectivity index (χ1) is 15.1. The molecule has 0 unspecified atom stereocenters. The Morgan fingerprint density at radius 3 is 2.52 bits per heavy atom. The zero-order valence-electron chi connectivity index (χ0n) is 18.5. The van der Waals surface area contributed by atoms with Crippen LogP contribution in [0.5, 0.6) is 5.75 Å². The molecular weight excluding hydrogens is 388 g/mol. The van der Waals surface area contributed by atoms with Crippen LogP contribution >= 0.6 is 0 Å². The Morgan fingerprint density at radius 2 is 1.77 bits per heavy atom. The molecule has 0 N–H and O–H groups in total. The molecule has 0 radical (unpaired) electrons. The summed E-state index contributed by atoms with van der Waals surface area (Å²) < 4.78 is 7.11. The first-order valence-electron chi connectivity index (χ1n) is 10.8. The van der Waals surface area contributed by atoms with Gasteiger partial charge in [-0.3, -0.25) is 9.69 Å². The van der Waals surface area contributed by atoms with E-state index in [0.29, 0.717) is 5.56 Å². The van der Waals surface area contributed by atoms with Gasteiger partial charge in [-0.1, -0.05) is 30.3 Å². The van der Waals surface area contributed by atoms with Crippen LogP contribution in [0.1, 0.15) is 33.6 Å². The molecule has 1 amide bonds. The van der Waals surface area contributed by atoms with Gasteiger partial charge in [0.25, 0.3) is 5.91 Å². The molecule has 0 spiro atoms. The monoisotopic (exact) mass is 418 g/mol. The number of methoxy groups -OCH3 is 1. The van der Waals surface area contributed by atoms with Gasteiger partial charge < -0.3 is 9.64 Å². The number of nitrogens with zero attached hydrogens (tertiary/aromatic N) is 4. The SMILES string of the molecule is COc1ccc(CN2CCCN(C(=O)c3cnn(-c4ccccc4C)c3C)CC2)cc1. The van der Waals surface area contributed by atoms with Crippen LogP contribution in [0.3, 0.4) is 0 Å². The Bertz CT molecular complexity index is 1040. The molecule has 2 heterocycles. The summed E-state index contributed by atoms with van der Waals surface area (Å²) in [6.45, 7) is 8.26. The Hall–Kier alpha value is -3.12. The van der Waals surface area contributed by atoms with Gasteiger partial charge in [0.1, 0.15) is 5.75 Å². The van der Waals surface area contributed by atoms with Crippen molar-refractivity contribution in [3.05, 3.63) is 77.1 Å². The number of para-hydroxylation sites is 1. The molecule has 1 saturated heterocycles. The zero-order chi connectivity index (χ0) is 21.8. The molecule has 0 aliphatic carbocycles. The molecule has 162 valence electrons. The summed E-state index contributed by atoms with van der Waals surface area (Å²) in [5, 5.41) is 4.52. The van der Waals surface area contributed by atoms with E-state index in [4.69, 9.17) is 4.74 Å². The van der Waals surface area contributed by atoms with Crippen molar-refractivity contribution in [3.8, 4) is 11.4 Å². The molecule has 6 nitrogen and oxygen atoms in total. The van der Waals surface area contributed by atoms with E-state index in [-0.39, 0.29) is 5.91 Å². The minimum Gasteiger partial charge on any atom is -0.497 e. The highest BCUT2D eigenvalue weighted by Gasteiger charge is 2.24. The normalized spacial score (nSPS) is 15.0. The summed E-state index contributed by atoms with van der Waals surface area (Å²) in [6.07, 6.45) is 2.68. The van der Waals surface area contributed by atoms with Crippen LogP contribution in [0.2, 0.25) is 0 Å². The lowest BCUT2D eigenvalue weighted by Gasteiger charge is -2.22. The summed E-state index contributed by atoms with van der Waals surface area (Å²) in [5.74, 6) is 0.946. The maximum Gasteiger partial charge on any atom is 0.257 e. The van der Waals surface area contributed by atoms with E-state index in [2.05, 4.69) is 35.1 Å². The second-order valence-electron chi connectivity index (χ2n) is 8.11. The van der Waals surface area contributed by atoms with Crippen molar-refractivity contribution in [2.75, 3.05) is 33.3 Å². The summed E-state index contributed by atoms with van der Waals surface area (Å²) in [7, 11) is 1.68. The predicted molar refractivity (Wildman–Crippen MR) is 122 cm³/mol. The minimum absolute atomic E-state index is 0.0728. The van der Waals surface area contributed by atoms with Gasteiger partial charge >= 0.3 is 0 Å². The maximum absolute atomic E-state index is 13.3. The van der Waals surface area contributed by atoms with E-state index in [0.717, 1.165) is 61.8 Å². The molecule has 31 heavy (non-hydrogen) atoms. The topological polar surface area (TPSA) is 50.6 Å². The lowest BCUT2D eigenvalue weighted by Crippen LogP contribution is -2.35. The quantitative estimate of drug-likeness (QED) is 0.632. The molecule has 3 aromatic rings. The van der Waals surface area contributed by atoms with E-state index in [9.17, 15) is 4.79 Å². The van der Waals surface area contributed by atoms with Gasteiger partial charge in [0.2, 0.25) is 0 Å². The fourth-order valence-corrected chi connectivity index (χ4v) is 4.16. The maximum atomic E-state index is 13.3. The van der Waals surface area contributed by atoms with E-state index < -0.39 is 0 Å². The highest BCUT2D eigenvalue weighted by Crippen LogP contribution is 2.20. The van der Waals surface area contributed by atoms with Crippen molar-refractivity contribution < 1.29 is 9.53 Å². The fourth-order valence-electron chi connectivity index (χ4n) is 4.16. The molecule has 1 fully saturated rings. The minimum atomic E-state index is 0.0728. The number of aryl methyl sites for hydroxylation is 1. The van der Waals surface area contributed by atoms with E-state index in [1.165, 1.54) is 5.56 Å². The van der Waals surface area contributed by atoms with Crippen LogP contribution in [-0.4, -0.2) is 58.8 Å². The first kappa shape index (κ1) is 21.1. The molecule has 0 atom stereocenters. The molecule has 0 bridgehead atoms. The number of benzene rings is 2. The molecule has 4 rings (SSSR count). The molecular formula is C25H30N4O2. The van der Waals surface area contributed by atoms with Crippen LogP contribution in [0, 0.1) is 13.8 Å². The van der Waals surface area contributed by atoms with Crippen molar-refractivity contribution in [2.24, 2.45) is 0 Å². The number of hydrogen-bond acceptors (Lipinski definition) is 4. The van der Waals surface area contributed by atoms with Gasteiger partial charge in [0.05, 0.1) is 30.3 Å². The zero-order valence-corrected chi connectivity index (χ0v) is 18.5. The van der Waals surface area contributed by atoms with Crippen molar-refractivity contribution >= 4 is 5.91 Å². The smallest absolute Gasteiger partial charge is 0.257 e. The average molecular weight is 419 g/mol. The van der Waals surface area contributed by atoms with Crippen molar-refractivity contribution in [2.45, 2.75) is 26.8 Å². The van der Waals surface area contributed by atoms with Gasteiger partial charge in [-0.2, -0.15) is 5.10 Å². The Labute approximate surface area is 184 Å². The number of rotatable bonds is 5. The molecule has 1 aliphatic heterocycles. The van der Waals surface area contributed by atoms with Crippen LogP contribution in [-0.2, 0) is 6.54 Å². The summed E-state index contributed by atoms with van der Waals surface area (Å²) in [4.78, 5) is 17.7. The lowest BCUT2D eigenvalue weighted by molar-refractivity contribution is 0.0760. The second kappa shape index (κ2) is 9.35. The Balaban J connectivity index is 1.42. The van der Waals surface area contributed by atoms with Gasteiger partial charge in [-0.05, 0) is 49.6 Å². The van der Waals surface area contributed by atoms with Crippen LogP contribution in [0.15, 0.2) is 54.7 Å². The molecule has 6 heteroatoms. The van der Waals surface area contributed by atoms with Gasteiger partial charge in [0.15, 0.2) is 0 Å². The molecule has 0 saturated carbocycles. The summed E-state index contributed by atoms with van der Waals surface area (Å²) in [6, 6.07) is 16.3. The van der Waals surface area contributed by atoms with Crippen molar-refractivity contribution in [1.82, 2.24) is 19.6 Å². The number of carbonyl (C=O) groups is 1. The van der Waals surface area contributed by atoms with E-state index in [1.54, 1.807) is 13.3 Å². The Morgan fingerprint density at radius 1 is 1.00 bits per heavy atom. The van der Waals surface area contributed by atoms with Crippen LogP contribution in [0.4, 0.5) is 0 Å². The lowest BCUT2D eigenvalue weighted by atomic mass is 10.2. The predicted octanol–water partition coefficient (Wildman–Crippen LogP) is 3.85. The molecule has 1 aromatic heterocycles. The third-order valence-electron chi connectivity index (χ3n) is 6.02. The second-order valence-corrected chi connectivity index (χ2v) is 8.11. The Kier molecular flexibility index (Phi) is 6.37. The van der Waals surface area contributed by atoms with Gasteiger partial charge in [0, 0.05) is 32.7 Å². The van der Waals surface area contributed by atoms with E-state index >= 15 is 0 Å². The van der Waals surface area contributed by atoms with Crippen molar-refractivity contribution in [1.29, 1.82) is 0 Å². The number of carbonyl (C=O) groups excluding carboxylic acids is 1. The highest BCUT2D eigenvalue weighted by molar-refractivity contribution is 5.95. The molecule has 1 aliphatic rings. The van der Waals surface area contributed by atoms with Gasteiger partial charge in [-0.25, -0.2) is 4.68 Å². The number of ether oxygens (including phenoxy) is 1. The number of hydrogen-bond donors (Lipinski definition) is 0. The third kappa shape index (κ3) is 4.64. The van der Waals surface area contributed by atoms with Crippen molar-refractivity contribution in [3.63, 3.8) is 0 Å². The largest absolute Gasteiger partial charge is 0.497 e.